The molecule has 3 aromatic rings. The summed E-state index contributed by atoms with van der Waals surface area (Å²) in [5.74, 6) is 0.357. The van der Waals surface area contributed by atoms with Crippen molar-refractivity contribution < 1.29 is 8.42 Å². The van der Waals surface area contributed by atoms with Crippen molar-refractivity contribution in [3.63, 3.8) is 0 Å². The van der Waals surface area contributed by atoms with Crippen LogP contribution in [0.3, 0.4) is 0 Å². The minimum absolute atomic E-state index is 0.333. The molecular formula is C20H23N3O2S2. The fraction of sp³-hybridized carbons (Fsp3) is 0.350. The number of para-hydroxylation sites is 1. The molecule has 142 valence electrons. The van der Waals surface area contributed by atoms with Crippen LogP contribution in [0.2, 0.25) is 0 Å². The van der Waals surface area contributed by atoms with Crippen LogP contribution in [0.5, 0.6) is 0 Å². The van der Waals surface area contributed by atoms with E-state index >= 15 is 0 Å². The van der Waals surface area contributed by atoms with E-state index in [1.165, 1.54) is 4.70 Å². The van der Waals surface area contributed by atoms with Crippen molar-refractivity contribution in [2.45, 2.75) is 24.7 Å². The molecule has 0 bridgehead atoms. The Hall–Kier alpha value is -1.96. The number of anilines is 1. The lowest BCUT2D eigenvalue weighted by Gasteiger charge is -2.31. The van der Waals surface area contributed by atoms with E-state index in [2.05, 4.69) is 15.7 Å². The number of nitrogens with one attached hydrogen (secondary N) is 1. The third kappa shape index (κ3) is 4.15. The van der Waals surface area contributed by atoms with E-state index in [1.54, 1.807) is 23.5 Å². The molecule has 0 saturated carbocycles. The highest BCUT2D eigenvalue weighted by Gasteiger charge is 2.23. The number of hydrogen-bond donors (Lipinski definition) is 1. The van der Waals surface area contributed by atoms with Gasteiger partial charge in [0.1, 0.15) is 0 Å². The topological polar surface area (TPSA) is 62.3 Å². The van der Waals surface area contributed by atoms with Crippen LogP contribution in [0.25, 0.3) is 10.2 Å². The highest BCUT2D eigenvalue weighted by Crippen LogP contribution is 2.31. The Balaban J connectivity index is 1.33. The zero-order valence-electron chi connectivity index (χ0n) is 15.3. The Kier molecular flexibility index (Phi) is 5.16. The maximum absolute atomic E-state index is 12.4. The summed E-state index contributed by atoms with van der Waals surface area (Å²) < 4.78 is 28.9. The molecule has 27 heavy (non-hydrogen) atoms. The third-order valence-corrected chi connectivity index (χ3v) is 7.60. The fourth-order valence-electron chi connectivity index (χ4n) is 3.35. The van der Waals surface area contributed by atoms with Crippen molar-refractivity contribution >= 4 is 36.7 Å². The molecule has 1 N–H and O–H groups in total. The van der Waals surface area contributed by atoms with E-state index in [9.17, 15) is 8.42 Å². The van der Waals surface area contributed by atoms with Crippen molar-refractivity contribution in [1.82, 2.24) is 9.71 Å². The SMILES string of the molecule is Cc1ccc(S(=O)(=O)NCC2CCN(c3nc4ccccc4s3)CC2)cc1. The molecule has 0 amide bonds. The summed E-state index contributed by atoms with van der Waals surface area (Å²) in [5, 5.41) is 1.06. The average Bonchev–Trinajstić information content (AvgIpc) is 3.11. The van der Waals surface area contributed by atoms with Gasteiger partial charge in [-0.2, -0.15) is 0 Å². The molecule has 0 radical (unpaired) electrons. The Labute approximate surface area is 164 Å². The van der Waals surface area contributed by atoms with Gasteiger partial charge in [-0.15, -0.1) is 0 Å². The van der Waals surface area contributed by atoms with Crippen molar-refractivity contribution in [2.75, 3.05) is 24.5 Å². The highest BCUT2D eigenvalue weighted by molar-refractivity contribution is 7.89. The quantitative estimate of drug-likeness (QED) is 0.706. The molecule has 0 unspecified atom stereocenters. The molecule has 1 aliphatic heterocycles. The second-order valence-corrected chi connectivity index (χ2v) is 9.84. The second-order valence-electron chi connectivity index (χ2n) is 7.06. The van der Waals surface area contributed by atoms with Crippen LogP contribution in [0, 0.1) is 12.8 Å². The van der Waals surface area contributed by atoms with Gasteiger partial charge in [0.25, 0.3) is 0 Å². The van der Waals surface area contributed by atoms with Gasteiger partial charge in [-0.3, -0.25) is 0 Å². The minimum atomic E-state index is -3.43. The van der Waals surface area contributed by atoms with Gasteiger partial charge in [0.15, 0.2) is 5.13 Å². The summed E-state index contributed by atoms with van der Waals surface area (Å²) in [6, 6.07) is 15.2. The van der Waals surface area contributed by atoms with Crippen LogP contribution in [0.15, 0.2) is 53.4 Å². The summed E-state index contributed by atoms with van der Waals surface area (Å²) in [6.07, 6.45) is 1.93. The van der Waals surface area contributed by atoms with E-state index in [0.717, 1.165) is 42.1 Å². The van der Waals surface area contributed by atoms with Gasteiger partial charge in [0.05, 0.1) is 15.1 Å². The first-order valence-corrected chi connectivity index (χ1v) is 11.5. The second kappa shape index (κ2) is 7.58. The zero-order valence-corrected chi connectivity index (χ0v) is 16.9. The molecule has 5 nitrogen and oxygen atoms in total. The number of thiazole rings is 1. The Bertz CT molecular complexity index is 988. The number of aromatic nitrogens is 1. The third-order valence-electron chi connectivity index (χ3n) is 5.06. The maximum atomic E-state index is 12.4. The van der Waals surface area contributed by atoms with Gasteiger partial charge >= 0.3 is 0 Å². The first kappa shape index (κ1) is 18.4. The van der Waals surface area contributed by atoms with E-state index in [1.807, 2.05) is 37.3 Å². The summed E-state index contributed by atoms with van der Waals surface area (Å²) in [5.41, 5.74) is 2.10. The van der Waals surface area contributed by atoms with E-state index in [4.69, 9.17) is 4.98 Å². The van der Waals surface area contributed by atoms with Crippen LogP contribution >= 0.6 is 11.3 Å². The number of nitrogens with zero attached hydrogens (tertiary/aromatic N) is 2. The Morgan fingerprint density at radius 3 is 2.52 bits per heavy atom. The number of hydrogen-bond acceptors (Lipinski definition) is 5. The number of sulfonamides is 1. The summed E-state index contributed by atoms with van der Waals surface area (Å²) in [4.78, 5) is 7.37. The molecule has 0 aliphatic carbocycles. The molecule has 0 spiro atoms. The lowest BCUT2D eigenvalue weighted by atomic mass is 9.97. The van der Waals surface area contributed by atoms with Gasteiger partial charge in [0.2, 0.25) is 10.0 Å². The van der Waals surface area contributed by atoms with Gasteiger partial charge in [0, 0.05) is 19.6 Å². The molecule has 1 saturated heterocycles. The lowest BCUT2D eigenvalue weighted by molar-refractivity contribution is 0.402. The number of piperidine rings is 1. The van der Waals surface area contributed by atoms with Gasteiger partial charge in [-0.25, -0.2) is 18.1 Å². The summed E-state index contributed by atoms with van der Waals surface area (Å²) >= 11 is 1.72. The predicted octanol–water partition coefficient (Wildman–Crippen LogP) is 3.80. The largest absolute Gasteiger partial charge is 0.348 e. The molecule has 2 heterocycles. The molecule has 0 atom stereocenters. The predicted molar refractivity (Wildman–Crippen MR) is 111 cm³/mol. The number of benzene rings is 2. The summed E-state index contributed by atoms with van der Waals surface area (Å²) in [7, 11) is -3.43. The smallest absolute Gasteiger partial charge is 0.240 e. The number of rotatable bonds is 5. The number of aryl methyl sites for hydroxylation is 1. The lowest BCUT2D eigenvalue weighted by Crippen LogP contribution is -2.38. The first-order chi connectivity index (χ1) is 13.0. The van der Waals surface area contributed by atoms with Crippen molar-refractivity contribution in [2.24, 2.45) is 5.92 Å². The molecular weight excluding hydrogens is 378 g/mol. The van der Waals surface area contributed by atoms with Crippen LogP contribution in [-0.2, 0) is 10.0 Å². The van der Waals surface area contributed by atoms with Crippen molar-refractivity contribution in [1.29, 1.82) is 0 Å². The minimum Gasteiger partial charge on any atom is -0.348 e. The Morgan fingerprint density at radius 1 is 1.11 bits per heavy atom. The standard InChI is InChI=1S/C20H23N3O2S2/c1-15-6-8-17(9-7-15)27(24,25)21-14-16-10-12-23(13-11-16)20-22-18-4-2-3-5-19(18)26-20/h2-9,16,21H,10-14H2,1H3. The molecule has 1 aromatic heterocycles. The zero-order chi connectivity index (χ0) is 18.9. The van der Waals surface area contributed by atoms with Gasteiger partial charge in [-0.05, 0) is 49.9 Å². The Morgan fingerprint density at radius 2 is 1.81 bits per heavy atom. The molecule has 1 fully saturated rings. The first-order valence-electron chi connectivity index (χ1n) is 9.18. The van der Waals surface area contributed by atoms with E-state index < -0.39 is 10.0 Å². The highest BCUT2D eigenvalue weighted by atomic mass is 32.2. The average molecular weight is 402 g/mol. The van der Waals surface area contributed by atoms with Crippen molar-refractivity contribution in [3.05, 3.63) is 54.1 Å². The molecule has 4 rings (SSSR count). The molecule has 7 heteroatoms. The van der Waals surface area contributed by atoms with Crippen LogP contribution in [-0.4, -0.2) is 33.0 Å². The molecule has 2 aromatic carbocycles. The van der Waals surface area contributed by atoms with Crippen molar-refractivity contribution in [3.8, 4) is 0 Å². The number of fused-ring (bicyclic) bond motifs is 1. The normalized spacial score (nSPS) is 16.1. The van der Waals surface area contributed by atoms with Crippen LogP contribution < -0.4 is 9.62 Å². The maximum Gasteiger partial charge on any atom is 0.240 e. The molecule has 1 aliphatic rings. The van der Waals surface area contributed by atoms with Crippen LogP contribution in [0.4, 0.5) is 5.13 Å². The fourth-order valence-corrected chi connectivity index (χ4v) is 5.49. The van der Waals surface area contributed by atoms with E-state index in [0.29, 0.717) is 17.4 Å². The monoisotopic (exact) mass is 401 g/mol. The summed E-state index contributed by atoms with van der Waals surface area (Å²) in [6.45, 7) is 4.26. The van der Waals surface area contributed by atoms with E-state index in [-0.39, 0.29) is 0 Å². The van der Waals surface area contributed by atoms with Gasteiger partial charge < -0.3 is 4.90 Å². The van der Waals surface area contributed by atoms with Gasteiger partial charge in [-0.1, -0.05) is 41.2 Å². The van der Waals surface area contributed by atoms with Crippen LogP contribution in [0.1, 0.15) is 18.4 Å².